The molecule has 0 radical (unpaired) electrons. The normalized spacial score (nSPS) is 19.0. The fraction of sp³-hybridized carbons (Fsp3) is 0.333. The first-order valence-corrected chi connectivity index (χ1v) is 33.9. The zero-order chi connectivity index (χ0) is 21.3. The molecule has 2 unspecified atom stereocenters. The van der Waals surface area contributed by atoms with Crippen LogP contribution in [-0.4, -0.2) is 36.8 Å². The molecule has 0 saturated heterocycles. The Morgan fingerprint density at radius 3 is 1.33 bits per heavy atom. The summed E-state index contributed by atoms with van der Waals surface area (Å²) in [5.41, 5.74) is 3.24. The van der Waals surface area contributed by atoms with E-state index in [-0.39, 0.29) is 0 Å². The maximum absolute atomic E-state index is 2.64. The molecule has 4 heterocycles. The van der Waals surface area contributed by atoms with Crippen molar-refractivity contribution in [2.75, 3.05) is 0 Å². The van der Waals surface area contributed by atoms with Gasteiger partial charge in [0.2, 0.25) is 0 Å². The molecule has 0 spiro atoms. The van der Waals surface area contributed by atoms with Gasteiger partial charge < -0.3 is 0 Å². The standard InChI is InChI=1S/C18H10S4.6CH3.2Sn/c1-3-13(19-7-1)15-11-5-9-22-18(11)16(14-4-2-8-20-14)12-6-10-21-17(12)15;;;;;;;;/h1-8,15-16H;6*1H3;;. The first kappa shape index (κ1) is 22.2. The van der Waals surface area contributed by atoms with Crippen LogP contribution in [0, 0.1) is 0 Å². The molecule has 6 heteroatoms. The van der Waals surface area contributed by atoms with Gasteiger partial charge in [0.05, 0.1) is 0 Å². The van der Waals surface area contributed by atoms with E-state index in [0.29, 0.717) is 11.8 Å². The monoisotopic (exact) mass is 684 g/mol. The van der Waals surface area contributed by atoms with E-state index in [1.165, 1.54) is 9.75 Å². The van der Waals surface area contributed by atoms with Crippen LogP contribution >= 0.6 is 45.3 Å². The van der Waals surface area contributed by atoms with Crippen molar-refractivity contribution in [3.8, 4) is 0 Å². The zero-order valence-electron chi connectivity index (χ0n) is 18.4. The van der Waals surface area contributed by atoms with Crippen LogP contribution in [0.3, 0.4) is 0 Å². The van der Waals surface area contributed by atoms with Gasteiger partial charge >= 0.3 is 207 Å². The van der Waals surface area contributed by atoms with Crippen LogP contribution in [0.15, 0.2) is 47.2 Å². The van der Waals surface area contributed by atoms with Crippen molar-refractivity contribution in [2.45, 2.75) is 41.5 Å². The third kappa shape index (κ3) is 3.85. The van der Waals surface area contributed by atoms with Gasteiger partial charge in [-0.1, -0.05) is 0 Å². The summed E-state index contributed by atoms with van der Waals surface area (Å²) in [6.07, 6.45) is 0. The molecule has 0 saturated carbocycles. The van der Waals surface area contributed by atoms with Crippen molar-refractivity contribution in [2.24, 2.45) is 0 Å². The first-order valence-electron chi connectivity index (χ1n) is 10.5. The molecule has 0 aliphatic heterocycles. The molecule has 0 fully saturated rings. The molecule has 5 rings (SSSR count). The van der Waals surface area contributed by atoms with E-state index in [1.54, 1.807) is 26.7 Å². The number of fused-ring (bicyclic) bond motifs is 2. The minimum absolute atomic E-state index is 0.442. The van der Waals surface area contributed by atoms with Gasteiger partial charge in [0.15, 0.2) is 0 Å². The Kier molecular flexibility index (Phi) is 5.93. The molecular weight excluding hydrogens is 654 g/mol. The molecule has 30 heavy (non-hydrogen) atoms. The Hall–Kier alpha value is 0.397. The summed E-state index contributed by atoms with van der Waals surface area (Å²) in [6, 6.07) is 14.5. The number of rotatable bonds is 4. The fourth-order valence-corrected chi connectivity index (χ4v) is 19.4. The number of hydrogen-bond acceptors (Lipinski definition) is 4. The van der Waals surface area contributed by atoms with E-state index in [0.717, 1.165) is 0 Å². The van der Waals surface area contributed by atoms with E-state index in [4.69, 9.17) is 0 Å². The molecule has 0 bridgehead atoms. The molecule has 4 aromatic rings. The van der Waals surface area contributed by atoms with Crippen LogP contribution in [0.2, 0.25) is 29.6 Å². The second-order valence-electron chi connectivity index (χ2n) is 10.3. The maximum atomic E-state index is 2.64. The van der Waals surface area contributed by atoms with Crippen molar-refractivity contribution in [1.82, 2.24) is 0 Å². The quantitative estimate of drug-likeness (QED) is 0.171. The number of thiophene rings is 4. The molecular formula is C24H28S4Sn2. The third-order valence-electron chi connectivity index (χ3n) is 5.86. The van der Waals surface area contributed by atoms with Crippen molar-refractivity contribution in [3.63, 3.8) is 0 Å². The summed E-state index contributed by atoms with van der Waals surface area (Å²) in [7, 11) is 0. The van der Waals surface area contributed by atoms with Gasteiger partial charge in [-0.15, -0.1) is 0 Å². The Bertz CT molecular complexity index is 1030. The Morgan fingerprint density at radius 1 is 0.633 bits per heavy atom. The summed E-state index contributed by atoms with van der Waals surface area (Å²) in [4.78, 5) is 21.7. The Balaban J connectivity index is 1.81. The van der Waals surface area contributed by atoms with Crippen molar-refractivity contribution >= 4 is 87.9 Å². The van der Waals surface area contributed by atoms with Crippen molar-refractivity contribution in [1.29, 1.82) is 0 Å². The SMILES string of the molecule is [CH3][Sn]([CH3])([CH3])[c]1cc2c(s1)C(c1cccs1)c1c[c]([Sn]([CH3])([CH3])[CH3])sc1C2c1cccs1. The average Bonchev–Trinajstić information content (AvgIpc) is 3.44. The Morgan fingerprint density at radius 2 is 1.03 bits per heavy atom. The summed E-state index contributed by atoms with van der Waals surface area (Å²) in [5.74, 6) is 0.884. The van der Waals surface area contributed by atoms with Crippen LogP contribution in [0.4, 0.5) is 0 Å². The molecule has 0 nitrogen and oxygen atoms in total. The minimum atomic E-state index is -2.15. The number of hydrogen-bond donors (Lipinski definition) is 0. The van der Waals surface area contributed by atoms with Crippen molar-refractivity contribution < 1.29 is 0 Å². The van der Waals surface area contributed by atoms with Gasteiger partial charge in [-0.05, 0) is 0 Å². The first-order chi connectivity index (χ1) is 14.1. The fourth-order valence-electron chi connectivity index (χ4n) is 4.24. The summed E-state index contributed by atoms with van der Waals surface area (Å²) >= 11 is 3.88. The van der Waals surface area contributed by atoms with Gasteiger partial charge in [0, 0.05) is 0 Å². The van der Waals surface area contributed by atoms with E-state index in [2.05, 4.69) is 99.5 Å². The van der Waals surface area contributed by atoms with Gasteiger partial charge in [-0.2, -0.15) is 0 Å². The topological polar surface area (TPSA) is 0 Å². The van der Waals surface area contributed by atoms with Gasteiger partial charge in [0.25, 0.3) is 0 Å². The van der Waals surface area contributed by atoms with E-state index < -0.39 is 36.8 Å². The second-order valence-corrected chi connectivity index (χ2v) is 45.2. The van der Waals surface area contributed by atoms with E-state index >= 15 is 0 Å². The summed E-state index contributed by atoms with van der Waals surface area (Å²) < 4.78 is 3.45. The third-order valence-corrected chi connectivity index (χ3v) is 29.0. The second kappa shape index (κ2) is 8.01. The molecule has 2 atom stereocenters. The summed E-state index contributed by atoms with van der Waals surface area (Å²) in [6.45, 7) is 0. The Labute approximate surface area is 204 Å². The van der Waals surface area contributed by atoms with E-state index in [9.17, 15) is 0 Å². The molecule has 4 aromatic heterocycles. The predicted octanol–water partition coefficient (Wildman–Crippen LogP) is 7.70. The van der Waals surface area contributed by atoms with E-state index in [1.807, 2.05) is 22.7 Å². The van der Waals surface area contributed by atoms with Gasteiger partial charge in [-0.25, -0.2) is 0 Å². The molecule has 1 aliphatic rings. The zero-order valence-corrected chi connectivity index (χ0v) is 27.4. The van der Waals surface area contributed by atoms with Crippen LogP contribution in [0.25, 0.3) is 0 Å². The average molecular weight is 682 g/mol. The van der Waals surface area contributed by atoms with Gasteiger partial charge in [-0.3, -0.25) is 0 Å². The van der Waals surface area contributed by atoms with Crippen LogP contribution in [0.5, 0.6) is 0 Å². The van der Waals surface area contributed by atoms with Gasteiger partial charge in [0.1, 0.15) is 0 Å². The van der Waals surface area contributed by atoms with Crippen LogP contribution in [0.1, 0.15) is 42.5 Å². The molecule has 0 amide bonds. The molecule has 0 N–H and O–H groups in total. The van der Waals surface area contributed by atoms with Crippen molar-refractivity contribution in [3.05, 3.63) is 77.8 Å². The molecule has 1 aliphatic carbocycles. The van der Waals surface area contributed by atoms with Crippen LogP contribution in [-0.2, 0) is 0 Å². The summed E-state index contributed by atoms with van der Waals surface area (Å²) in [5, 5.41) is 4.52. The predicted molar refractivity (Wildman–Crippen MR) is 145 cm³/mol. The van der Waals surface area contributed by atoms with Crippen LogP contribution < -0.4 is 5.79 Å². The molecule has 0 aromatic carbocycles. The molecule has 156 valence electrons.